The molecule has 0 saturated carbocycles. The molecule has 6 nitrogen and oxygen atoms in total. The van der Waals surface area contributed by atoms with Gasteiger partial charge >= 0.3 is 6.03 Å². The zero-order valence-corrected chi connectivity index (χ0v) is 11.4. The molecule has 3 N–H and O–H groups in total. The van der Waals surface area contributed by atoms with Crippen molar-refractivity contribution in [2.75, 3.05) is 5.32 Å². The minimum absolute atomic E-state index is 0.350. The van der Waals surface area contributed by atoms with Crippen LogP contribution in [0.4, 0.5) is 10.5 Å². The van der Waals surface area contributed by atoms with E-state index >= 15 is 0 Å². The highest BCUT2D eigenvalue weighted by atomic mass is 16.5. The molecule has 21 heavy (non-hydrogen) atoms. The van der Waals surface area contributed by atoms with Crippen molar-refractivity contribution in [3.63, 3.8) is 0 Å². The van der Waals surface area contributed by atoms with Gasteiger partial charge in [-0.1, -0.05) is 18.2 Å². The number of urea groups is 1. The van der Waals surface area contributed by atoms with Crippen LogP contribution in [0.25, 0.3) is 0 Å². The summed E-state index contributed by atoms with van der Waals surface area (Å²) in [4.78, 5) is 22.1. The van der Waals surface area contributed by atoms with E-state index in [1.54, 1.807) is 24.3 Å². The van der Waals surface area contributed by atoms with Crippen LogP contribution in [0, 0.1) is 0 Å². The number of carbonyl (C=O) groups is 2. The number of hydrogen-bond acceptors (Lipinski definition) is 3. The van der Waals surface area contributed by atoms with Gasteiger partial charge in [-0.25, -0.2) is 10.2 Å². The van der Waals surface area contributed by atoms with E-state index in [-0.39, 0.29) is 5.91 Å². The lowest BCUT2D eigenvalue weighted by Gasteiger charge is -2.09. The molecule has 6 heteroatoms. The van der Waals surface area contributed by atoms with E-state index in [0.717, 1.165) is 5.75 Å². The third kappa shape index (κ3) is 4.87. The van der Waals surface area contributed by atoms with Gasteiger partial charge in [0.1, 0.15) is 11.5 Å². The average molecular weight is 285 g/mol. The Bertz CT molecular complexity index is 612. The molecule has 0 aliphatic rings. The van der Waals surface area contributed by atoms with E-state index in [4.69, 9.17) is 4.74 Å². The second kappa shape index (κ2) is 6.95. The Kier molecular flexibility index (Phi) is 4.76. The monoisotopic (exact) mass is 285 g/mol. The molecule has 0 radical (unpaired) electrons. The number of rotatable bonds is 3. The van der Waals surface area contributed by atoms with Crippen LogP contribution in [0.3, 0.4) is 0 Å². The van der Waals surface area contributed by atoms with Crippen LogP contribution in [0.5, 0.6) is 11.5 Å². The van der Waals surface area contributed by atoms with Crippen molar-refractivity contribution in [2.24, 2.45) is 0 Å². The van der Waals surface area contributed by atoms with Crippen LogP contribution >= 0.6 is 0 Å². The lowest BCUT2D eigenvalue weighted by molar-refractivity contribution is -0.119. The van der Waals surface area contributed by atoms with Crippen molar-refractivity contribution in [2.45, 2.75) is 6.92 Å². The van der Waals surface area contributed by atoms with E-state index in [1.807, 2.05) is 30.3 Å². The van der Waals surface area contributed by atoms with Crippen molar-refractivity contribution >= 4 is 17.6 Å². The van der Waals surface area contributed by atoms with Crippen molar-refractivity contribution < 1.29 is 14.3 Å². The van der Waals surface area contributed by atoms with Crippen LogP contribution in [-0.4, -0.2) is 11.9 Å². The maximum Gasteiger partial charge on any atom is 0.337 e. The SMILES string of the molecule is CC(=O)NNC(=O)Nc1ccc(Oc2ccccc2)cc1. The van der Waals surface area contributed by atoms with Crippen LogP contribution in [0.1, 0.15) is 6.92 Å². The molecule has 0 heterocycles. The summed E-state index contributed by atoms with van der Waals surface area (Å²) in [5, 5.41) is 2.57. The highest BCUT2D eigenvalue weighted by Gasteiger charge is 2.02. The van der Waals surface area contributed by atoms with Crippen molar-refractivity contribution in [1.29, 1.82) is 0 Å². The first kappa shape index (κ1) is 14.4. The number of ether oxygens (including phenoxy) is 1. The van der Waals surface area contributed by atoms with Crippen LogP contribution in [0.15, 0.2) is 54.6 Å². The highest BCUT2D eigenvalue weighted by Crippen LogP contribution is 2.22. The van der Waals surface area contributed by atoms with Crippen LogP contribution in [0.2, 0.25) is 0 Å². The van der Waals surface area contributed by atoms with Crippen molar-refractivity contribution in [3.05, 3.63) is 54.6 Å². The van der Waals surface area contributed by atoms with E-state index in [2.05, 4.69) is 16.2 Å². The smallest absolute Gasteiger partial charge is 0.337 e. The Labute approximate surface area is 122 Å². The first-order valence-corrected chi connectivity index (χ1v) is 6.30. The first-order valence-electron chi connectivity index (χ1n) is 6.30. The fourth-order valence-electron chi connectivity index (χ4n) is 1.54. The summed E-state index contributed by atoms with van der Waals surface area (Å²) < 4.78 is 5.63. The number of anilines is 1. The summed E-state index contributed by atoms with van der Waals surface area (Å²) in [6.07, 6.45) is 0. The predicted octanol–water partition coefficient (Wildman–Crippen LogP) is 2.65. The Morgan fingerprint density at radius 2 is 1.48 bits per heavy atom. The van der Waals surface area contributed by atoms with Gasteiger partial charge in [-0.15, -0.1) is 0 Å². The first-order chi connectivity index (χ1) is 10.1. The molecule has 2 rings (SSSR count). The molecule has 108 valence electrons. The Morgan fingerprint density at radius 1 is 0.857 bits per heavy atom. The molecule has 0 saturated heterocycles. The Hall–Kier alpha value is -3.02. The molecular formula is C15H15N3O3. The maximum absolute atomic E-state index is 11.4. The number of carbonyl (C=O) groups excluding carboxylic acids is 2. The van der Waals surface area contributed by atoms with Crippen molar-refractivity contribution in [1.82, 2.24) is 10.9 Å². The molecule has 0 spiro atoms. The molecule has 0 unspecified atom stereocenters. The summed E-state index contributed by atoms with van der Waals surface area (Å²) in [7, 11) is 0. The molecule has 0 fully saturated rings. The minimum atomic E-state index is -0.526. The maximum atomic E-state index is 11.4. The Balaban J connectivity index is 1.90. The molecule has 0 bridgehead atoms. The zero-order chi connectivity index (χ0) is 15.1. The summed E-state index contributed by atoms with van der Waals surface area (Å²) in [5.41, 5.74) is 4.97. The normalized spacial score (nSPS) is 9.57. The average Bonchev–Trinajstić information content (AvgIpc) is 2.48. The third-order valence-corrected chi connectivity index (χ3v) is 2.44. The minimum Gasteiger partial charge on any atom is -0.457 e. The lowest BCUT2D eigenvalue weighted by Crippen LogP contribution is -2.42. The second-order valence-electron chi connectivity index (χ2n) is 4.20. The van der Waals surface area contributed by atoms with Gasteiger partial charge in [0, 0.05) is 12.6 Å². The van der Waals surface area contributed by atoms with E-state index < -0.39 is 6.03 Å². The number of benzene rings is 2. The molecule has 0 aromatic heterocycles. The Morgan fingerprint density at radius 3 is 2.10 bits per heavy atom. The van der Waals surface area contributed by atoms with Gasteiger partial charge in [0.2, 0.25) is 5.91 Å². The summed E-state index contributed by atoms with van der Waals surface area (Å²) in [6, 6.07) is 15.7. The quantitative estimate of drug-likeness (QED) is 0.758. The molecule has 2 aromatic rings. The van der Waals surface area contributed by atoms with E-state index in [0.29, 0.717) is 11.4 Å². The van der Waals surface area contributed by atoms with Gasteiger partial charge in [0.05, 0.1) is 0 Å². The van der Waals surface area contributed by atoms with Crippen molar-refractivity contribution in [3.8, 4) is 11.5 Å². The predicted molar refractivity (Wildman–Crippen MR) is 78.9 cm³/mol. The van der Waals surface area contributed by atoms with Crippen LogP contribution < -0.4 is 20.9 Å². The number of nitrogens with one attached hydrogen (secondary N) is 3. The number of hydrogen-bond donors (Lipinski definition) is 3. The van der Waals surface area contributed by atoms with E-state index in [9.17, 15) is 9.59 Å². The molecule has 0 atom stereocenters. The fraction of sp³-hybridized carbons (Fsp3) is 0.0667. The topological polar surface area (TPSA) is 79.5 Å². The van der Waals surface area contributed by atoms with Gasteiger partial charge in [-0.2, -0.15) is 0 Å². The summed E-state index contributed by atoms with van der Waals surface area (Å²) in [5.74, 6) is 1.05. The molecule has 2 aromatic carbocycles. The van der Waals surface area contributed by atoms with Gasteiger partial charge in [0.15, 0.2) is 0 Å². The number of hydrazine groups is 1. The fourth-order valence-corrected chi connectivity index (χ4v) is 1.54. The summed E-state index contributed by atoms with van der Waals surface area (Å²) >= 11 is 0. The third-order valence-electron chi connectivity index (χ3n) is 2.44. The molecular weight excluding hydrogens is 270 g/mol. The van der Waals surface area contributed by atoms with Gasteiger partial charge < -0.3 is 10.1 Å². The highest BCUT2D eigenvalue weighted by molar-refractivity contribution is 5.90. The molecule has 0 aliphatic heterocycles. The standard InChI is InChI=1S/C15H15N3O3/c1-11(19)17-18-15(20)16-12-7-9-14(10-8-12)21-13-5-3-2-4-6-13/h2-10H,1H3,(H,17,19)(H2,16,18,20). The second-order valence-corrected chi connectivity index (χ2v) is 4.20. The molecule has 0 aliphatic carbocycles. The number of amides is 3. The summed E-state index contributed by atoms with van der Waals surface area (Å²) in [6.45, 7) is 1.30. The largest absolute Gasteiger partial charge is 0.457 e. The zero-order valence-electron chi connectivity index (χ0n) is 11.4. The number of para-hydroxylation sites is 1. The van der Waals surface area contributed by atoms with E-state index in [1.165, 1.54) is 6.92 Å². The van der Waals surface area contributed by atoms with Gasteiger partial charge in [-0.05, 0) is 36.4 Å². The lowest BCUT2D eigenvalue weighted by atomic mass is 10.3. The van der Waals surface area contributed by atoms with Gasteiger partial charge in [-0.3, -0.25) is 10.2 Å². The molecule has 3 amide bonds. The van der Waals surface area contributed by atoms with Crippen LogP contribution in [-0.2, 0) is 4.79 Å². The van der Waals surface area contributed by atoms with Gasteiger partial charge in [0.25, 0.3) is 0 Å².